The van der Waals surface area contributed by atoms with Crippen molar-refractivity contribution in [3.8, 4) is 11.1 Å². The lowest BCUT2D eigenvalue weighted by atomic mass is 10.0. The molecule has 2 aromatic carbocycles. The first-order valence-electron chi connectivity index (χ1n) is 8.01. The first kappa shape index (κ1) is 18.2. The number of benzene rings is 2. The molecule has 0 aliphatic rings. The third-order valence-electron chi connectivity index (χ3n) is 4.12. The maximum atomic E-state index is 12.3. The molecule has 0 bridgehead atoms. The van der Waals surface area contributed by atoms with Crippen LogP contribution in [-0.2, 0) is 0 Å². The quantitative estimate of drug-likeness (QED) is 0.333. The van der Waals surface area contributed by atoms with Gasteiger partial charge in [0.05, 0.1) is 4.70 Å². The van der Waals surface area contributed by atoms with Crippen molar-refractivity contribution in [2.45, 2.75) is 0 Å². The van der Waals surface area contributed by atoms with Crippen LogP contribution in [0.25, 0.3) is 21.2 Å². The molecule has 2 heterocycles. The summed E-state index contributed by atoms with van der Waals surface area (Å²) in [4.78, 5) is 16.6. The van der Waals surface area contributed by atoms with Gasteiger partial charge in [0.2, 0.25) is 0 Å². The fourth-order valence-corrected chi connectivity index (χ4v) is 4.78. The Bertz CT molecular complexity index is 1160. The summed E-state index contributed by atoms with van der Waals surface area (Å²) in [7, 11) is 0. The number of carbonyl (C=O) groups excluding carboxylic acids is 1. The number of thiophene rings is 1. The van der Waals surface area contributed by atoms with Gasteiger partial charge in [0.1, 0.15) is 5.82 Å². The Hall–Kier alpha value is -2.16. The highest BCUT2D eigenvalue weighted by Crippen LogP contribution is 2.39. The van der Waals surface area contributed by atoms with Crippen molar-refractivity contribution >= 4 is 73.0 Å². The lowest BCUT2D eigenvalue weighted by molar-refractivity contribution is 0.102. The molecule has 0 spiro atoms. The van der Waals surface area contributed by atoms with Gasteiger partial charge in [-0.05, 0) is 63.9 Å². The number of nitrogen functional groups attached to an aromatic ring is 1. The second kappa shape index (κ2) is 7.46. The molecule has 0 aliphatic carbocycles. The van der Waals surface area contributed by atoms with Crippen molar-refractivity contribution in [2.75, 3.05) is 11.1 Å². The molecule has 134 valence electrons. The van der Waals surface area contributed by atoms with Crippen LogP contribution in [0.4, 0.5) is 11.5 Å². The second-order valence-corrected chi connectivity index (χ2v) is 8.36. The van der Waals surface area contributed by atoms with Gasteiger partial charge in [-0.1, -0.05) is 29.8 Å². The van der Waals surface area contributed by atoms with Crippen LogP contribution in [0.2, 0.25) is 5.02 Å². The van der Waals surface area contributed by atoms with E-state index in [1.165, 1.54) is 0 Å². The van der Waals surface area contributed by atoms with Crippen molar-refractivity contribution in [1.29, 1.82) is 0 Å². The number of fused-ring (bicyclic) bond motifs is 1. The number of amides is 1. The Morgan fingerprint density at radius 1 is 1.19 bits per heavy atom. The number of nitrogens with two attached hydrogens (primary N) is 1. The average molecular weight is 506 g/mol. The van der Waals surface area contributed by atoms with E-state index in [1.807, 2.05) is 24.3 Å². The van der Waals surface area contributed by atoms with Gasteiger partial charge in [0.25, 0.3) is 5.91 Å². The highest BCUT2D eigenvalue weighted by atomic mass is 127. The maximum absolute atomic E-state index is 12.3. The molecule has 0 unspecified atom stereocenters. The van der Waals surface area contributed by atoms with Crippen molar-refractivity contribution in [1.82, 2.24) is 4.98 Å². The van der Waals surface area contributed by atoms with Crippen LogP contribution in [0.3, 0.4) is 0 Å². The van der Waals surface area contributed by atoms with Crippen molar-refractivity contribution < 1.29 is 4.79 Å². The molecule has 4 rings (SSSR count). The molecule has 0 saturated carbocycles. The molecule has 0 fully saturated rings. The average Bonchev–Trinajstić information content (AvgIpc) is 3.12. The summed E-state index contributed by atoms with van der Waals surface area (Å²) in [5, 5.41) is 6.48. The number of pyridine rings is 1. The van der Waals surface area contributed by atoms with Gasteiger partial charge < -0.3 is 11.1 Å². The molecule has 27 heavy (non-hydrogen) atoms. The largest absolute Gasteiger partial charge is 0.383 e. The first-order valence-corrected chi connectivity index (χ1v) is 10.3. The molecule has 2 aromatic heterocycles. The minimum atomic E-state index is -0.200. The third kappa shape index (κ3) is 3.65. The van der Waals surface area contributed by atoms with Crippen LogP contribution < -0.4 is 11.1 Å². The summed E-state index contributed by atoms with van der Waals surface area (Å²) < 4.78 is 2.22. The van der Waals surface area contributed by atoms with E-state index in [9.17, 15) is 4.79 Å². The summed E-state index contributed by atoms with van der Waals surface area (Å²) >= 11 is 9.87. The maximum Gasteiger partial charge on any atom is 0.255 e. The van der Waals surface area contributed by atoms with Crippen LogP contribution in [0.1, 0.15) is 10.4 Å². The Morgan fingerprint density at radius 2 is 1.96 bits per heavy atom. The van der Waals surface area contributed by atoms with E-state index >= 15 is 0 Å². The van der Waals surface area contributed by atoms with E-state index in [-0.39, 0.29) is 5.91 Å². The highest BCUT2D eigenvalue weighted by molar-refractivity contribution is 14.1. The predicted molar refractivity (Wildman–Crippen MR) is 122 cm³/mol. The number of rotatable bonds is 3. The molecule has 3 N–H and O–H groups in total. The topological polar surface area (TPSA) is 68.0 Å². The molecule has 4 nitrogen and oxygen atoms in total. The third-order valence-corrected chi connectivity index (χ3v) is 6.55. The number of hydrogen-bond donors (Lipinski definition) is 2. The van der Waals surface area contributed by atoms with Gasteiger partial charge >= 0.3 is 0 Å². The lowest BCUT2D eigenvalue weighted by Crippen LogP contribution is -2.11. The minimum absolute atomic E-state index is 0.200. The van der Waals surface area contributed by atoms with Crippen LogP contribution >= 0.6 is 45.5 Å². The number of halogens is 2. The number of nitrogens with one attached hydrogen (secondary N) is 1. The molecular weight excluding hydrogens is 493 g/mol. The SMILES string of the molecule is Nc1ncc(I)c2scc(-c3ccc(NC(=O)c4cccc(Cl)c4)cc3)c12. The standard InChI is InChI=1S/C20H13ClIN3OS/c21-13-3-1-2-12(8-13)20(26)25-14-6-4-11(5-7-14)15-10-27-18-16(22)9-24-19(23)17(15)18/h1-10H,(H2,23,24)(H,25,26). The monoisotopic (exact) mass is 505 g/mol. The molecule has 4 aromatic rings. The van der Waals surface area contributed by atoms with Crippen LogP contribution in [0, 0.1) is 3.57 Å². The van der Waals surface area contributed by atoms with Gasteiger partial charge in [0, 0.05) is 37.0 Å². The fraction of sp³-hybridized carbons (Fsp3) is 0. The van der Waals surface area contributed by atoms with Crippen LogP contribution in [-0.4, -0.2) is 10.9 Å². The van der Waals surface area contributed by atoms with Crippen molar-refractivity contribution in [2.24, 2.45) is 0 Å². The summed E-state index contributed by atoms with van der Waals surface area (Å²) in [5.41, 5.74) is 9.41. The number of hydrogen-bond acceptors (Lipinski definition) is 4. The van der Waals surface area contributed by atoms with Gasteiger partial charge in [0.15, 0.2) is 0 Å². The summed E-state index contributed by atoms with van der Waals surface area (Å²) in [5.74, 6) is 0.328. The van der Waals surface area contributed by atoms with Gasteiger partial charge in [-0.2, -0.15) is 0 Å². The first-order chi connectivity index (χ1) is 13.0. The molecule has 7 heteroatoms. The van der Waals surface area contributed by atoms with Crippen molar-refractivity contribution in [3.05, 3.63) is 74.3 Å². The number of carbonyl (C=O) groups is 1. The second-order valence-electron chi connectivity index (χ2n) is 5.89. The number of aromatic nitrogens is 1. The van der Waals surface area contributed by atoms with Crippen molar-refractivity contribution in [3.63, 3.8) is 0 Å². The van der Waals surface area contributed by atoms with Gasteiger partial charge in [-0.3, -0.25) is 4.79 Å². The van der Waals surface area contributed by atoms with E-state index in [0.717, 1.165) is 24.8 Å². The Balaban J connectivity index is 1.62. The van der Waals surface area contributed by atoms with Crippen LogP contribution in [0.5, 0.6) is 0 Å². The number of anilines is 2. The Morgan fingerprint density at radius 3 is 2.70 bits per heavy atom. The summed E-state index contributed by atoms with van der Waals surface area (Å²) in [6.07, 6.45) is 1.78. The zero-order valence-electron chi connectivity index (χ0n) is 13.9. The molecule has 0 aliphatic heterocycles. The highest BCUT2D eigenvalue weighted by Gasteiger charge is 2.13. The van der Waals surface area contributed by atoms with Gasteiger partial charge in [-0.25, -0.2) is 4.98 Å². The summed E-state index contributed by atoms with van der Waals surface area (Å²) in [6.45, 7) is 0. The molecule has 1 amide bonds. The molecule has 0 atom stereocenters. The Kier molecular flexibility index (Phi) is 5.03. The molecule has 0 radical (unpaired) electrons. The van der Waals surface area contributed by atoms with Crippen LogP contribution in [0.15, 0.2) is 60.1 Å². The van der Waals surface area contributed by atoms with E-state index in [1.54, 1.807) is 41.8 Å². The summed E-state index contributed by atoms with van der Waals surface area (Å²) in [6, 6.07) is 14.5. The van der Waals surface area contributed by atoms with E-state index < -0.39 is 0 Å². The minimum Gasteiger partial charge on any atom is -0.383 e. The van der Waals surface area contributed by atoms with E-state index in [0.29, 0.717) is 22.1 Å². The van der Waals surface area contributed by atoms with E-state index in [2.05, 4.69) is 38.3 Å². The molecular formula is C20H13ClIN3OS. The predicted octanol–water partition coefficient (Wildman–Crippen LogP) is 6.06. The normalized spacial score (nSPS) is 10.9. The zero-order chi connectivity index (χ0) is 19.0. The smallest absolute Gasteiger partial charge is 0.255 e. The number of nitrogens with zero attached hydrogens (tertiary/aromatic N) is 1. The molecule has 0 saturated heterocycles. The van der Waals surface area contributed by atoms with Gasteiger partial charge in [-0.15, -0.1) is 11.3 Å². The fourth-order valence-electron chi connectivity index (χ4n) is 2.82. The Labute approximate surface area is 178 Å². The van der Waals surface area contributed by atoms with E-state index in [4.69, 9.17) is 17.3 Å². The lowest BCUT2D eigenvalue weighted by Gasteiger charge is -2.07. The zero-order valence-corrected chi connectivity index (χ0v) is 17.6.